The van der Waals surface area contributed by atoms with Crippen molar-refractivity contribution in [1.82, 2.24) is 4.98 Å². The molecule has 106 valence electrons. The summed E-state index contributed by atoms with van der Waals surface area (Å²) < 4.78 is 40.0. The Kier molecular flexibility index (Phi) is 5.49. The summed E-state index contributed by atoms with van der Waals surface area (Å²) in [5.74, 6) is 0.447. The van der Waals surface area contributed by atoms with Crippen molar-refractivity contribution in [2.24, 2.45) is 5.73 Å². The molecule has 0 aliphatic rings. The zero-order valence-electron chi connectivity index (χ0n) is 10.3. The molecule has 0 unspecified atom stereocenters. The summed E-state index contributed by atoms with van der Waals surface area (Å²) in [4.78, 5) is 4.24. The molecule has 8 heteroatoms. The van der Waals surface area contributed by atoms with E-state index in [4.69, 9.17) is 18.0 Å². The molecule has 0 bridgehead atoms. The molecule has 0 aliphatic heterocycles. The highest BCUT2D eigenvalue weighted by Gasteiger charge is 2.27. The lowest BCUT2D eigenvalue weighted by Gasteiger charge is -2.12. The Balaban J connectivity index is 2.50. The van der Waals surface area contributed by atoms with E-state index in [2.05, 4.69) is 15.0 Å². The van der Waals surface area contributed by atoms with Crippen LogP contribution in [0, 0.1) is 6.92 Å². The van der Waals surface area contributed by atoms with Crippen LogP contribution in [0.1, 0.15) is 11.1 Å². The van der Waals surface area contributed by atoms with E-state index in [1.165, 1.54) is 0 Å². The number of alkyl halides is 3. The maximum Gasteiger partial charge on any atom is 0.411 e. The van der Waals surface area contributed by atoms with Gasteiger partial charge in [0.15, 0.2) is 0 Å². The lowest BCUT2D eigenvalue weighted by Crippen LogP contribution is -2.21. The van der Waals surface area contributed by atoms with Crippen molar-refractivity contribution in [2.45, 2.75) is 13.1 Å². The third-order valence-electron chi connectivity index (χ3n) is 2.21. The summed E-state index contributed by atoms with van der Waals surface area (Å²) in [6.45, 7) is 0.646. The van der Waals surface area contributed by atoms with E-state index in [0.29, 0.717) is 11.4 Å². The summed E-state index contributed by atoms with van der Waals surface area (Å²) in [6, 6.07) is 1.75. The van der Waals surface area contributed by atoms with E-state index in [0.717, 1.165) is 5.56 Å². The van der Waals surface area contributed by atoms with Crippen LogP contribution in [0.15, 0.2) is 12.3 Å². The lowest BCUT2D eigenvalue weighted by molar-refractivity contribution is -0.172. The van der Waals surface area contributed by atoms with Gasteiger partial charge in [0.2, 0.25) is 0 Å². The van der Waals surface area contributed by atoms with Gasteiger partial charge in [-0.25, -0.2) is 4.98 Å². The predicted molar refractivity (Wildman–Crippen MR) is 70.2 cm³/mol. The minimum Gasteiger partial charge on any atom is -0.389 e. The number of nitrogens with one attached hydrogen (secondary N) is 1. The van der Waals surface area contributed by atoms with Gasteiger partial charge in [-0.1, -0.05) is 12.2 Å². The Morgan fingerprint density at radius 3 is 2.79 bits per heavy atom. The molecule has 19 heavy (non-hydrogen) atoms. The highest BCUT2D eigenvalue weighted by Crippen LogP contribution is 2.16. The van der Waals surface area contributed by atoms with Crippen molar-refractivity contribution in [3.8, 4) is 0 Å². The maximum absolute atomic E-state index is 11.8. The smallest absolute Gasteiger partial charge is 0.389 e. The second-order valence-corrected chi connectivity index (χ2v) is 4.25. The van der Waals surface area contributed by atoms with Gasteiger partial charge in [0.1, 0.15) is 17.4 Å². The normalized spacial score (nSPS) is 11.4. The molecule has 0 aromatic carbocycles. The van der Waals surface area contributed by atoms with E-state index < -0.39 is 12.8 Å². The molecule has 1 aromatic heterocycles. The Bertz CT molecular complexity index is 451. The van der Waals surface area contributed by atoms with E-state index >= 15 is 0 Å². The van der Waals surface area contributed by atoms with Crippen LogP contribution in [0.25, 0.3) is 0 Å². The molecule has 0 saturated carbocycles. The van der Waals surface area contributed by atoms with Gasteiger partial charge in [-0.3, -0.25) is 0 Å². The summed E-state index contributed by atoms with van der Waals surface area (Å²) in [5.41, 5.74) is 7.01. The first-order valence-corrected chi connectivity index (χ1v) is 5.86. The largest absolute Gasteiger partial charge is 0.411 e. The molecule has 4 nitrogen and oxygen atoms in total. The molecule has 0 atom stereocenters. The van der Waals surface area contributed by atoms with Crippen LogP contribution >= 0.6 is 12.2 Å². The molecule has 0 spiro atoms. The zero-order valence-corrected chi connectivity index (χ0v) is 11.1. The van der Waals surface area contributed by atoms with Crippen molar-refractivity contribution in [2.75, 3.05) is 25.1 Å². The van der Waals surface area contributed by atoms with Crippen LogP contribution < -0.4 is 11.1 Å². The number of halogens is 3. The average Bonchev–Trinajstić information content (AvgIpc) is 2.26. The topological polar surface area (TPSA) is 60.2 Å². The summed E-state index contributed by atoms with van der Waals surface area (Å²) in [7, 11) is 0. The second kappa shape index (κ2) is 6.67. The van der Waals surface area contributed by atoms with Crippen molar-refractivity contribution in [1.29, 1.82) is 0 Å². The fourth-order valence-electron chi connectivity index (χ4n) is 1.43. The van der Waals surface area contributed by atoms with Gasteiger partial charge in [-0.15, -0.1) is 0 Å². The Labute approximate surface area is 114 Å². The van der Waals surface area contributed by atoms with Crippen molar-refractivity contribution < 1.29 is 17.9 Å². The lowest BCUT2D eigenvalue weighted by atomic mass is 10.1. The highest BCUT2D eigenvalue weighted by atomic mass is 32.1. The number of rotatable bonds is 6. The summed E-state index contributed by atoms with van der Waals surface area (Å²) >= 11 is 4.91. The molecule has 1 rings (SSSR count). The van der Waals surface area contributed by atoms with Gasteiger partial charge in [0, 0.05) is 12.7 Å². The number of nitrogens with two attached hydrogens (primary N) is 1. The molecular formula is C11H14F3N3OS. The van der Waals surface area contributed by atoms with E-state index in [1.807, 2.05) is 6.92 Å². The van der Waals surface area contributed by atoms with Gasteiger partial charge >= 0.3 is 6.18 Å². The predicted octanol–water partition coefficient (Wildman–Crippen LogP) is 2.02. The van der Waals surface area contributed by atoms with E-state index in [-0.39, 0.29) is 18.1 Å². The molecule has 1 heterocycles. The number of thiocarbonyl (C=S) groups is 1. The minimum absolute atomic E-state index is 0.0914. The van der Waals surface area contributed by atoms with Gasteiger partial charge < -0.3 is 15.8 Å². The van der Waals surface area contributed by atoms with Crippen LogP contribution in [0.3, 0.4) is 0 Å². The van der Waals surface area contributed by atoms with Gasteiger partial charge in [-0.05, 0) is 18.6 Å². The zero-order chi connectivity index (χ0) is 14.5. The van der Waals surface area contributed by atoms with Gasteiger partial charge in [-0.2, -0.15) is 13.2 Å². The van der Waals surface area contributed by atoms with Crippen LogP contribution in [0.2, 0.25) is 0 Å². The fourth-order valence-corrected chi connectivity index (χ4v) is 1.69. The highest BCUT2D eigenvalue weighted by molar-refractivity contribution is 7.80. The van der Waals surface area contributed by atoms with Crippen LogP contribution in [-0.4, -0.2) is 35.9 Å². The Morgan fingerprint density at radius 2 is 2.21 bits per heavy atom. The van der Waals surface area contributed by atoms with Crippen molar-refractivity contribution in [3.05, 3.63) is 23.4 Å². The molecule has 0 aliphatic carbocycles. The average molecular weight is 293 g/mol. The Hall–Kier alpha value is -1.41. The first kappa shape index (κ1) is 15.6. The number of aromatic nitrogens is 1. The number of nitrogens with zero attached hydrogens (tertiary/aromatic N) is 1. The number of ether oxygens (including phenoxy) is 1. The molecule has 0 saturated heterocycles. The minimum atomic E-state index is -4.31. The second-order valence-electron chi connectivity index (χ2n) is 3.81. The van der Waals surface area contributed by atoms with E-state index in [1.54, 1.807) is 12.3 Å². The molecular weight excluding hydrogens is 279 g/mol. The SMILES string of the molecule is Cc1ccnc(NCCOCC(F)(F)F)c1C(N)=S. The number of hydrogen-bond donors (Lipinski definition) is 2. The van der Waals surface area contributed by atoms with Crippen LogP contribution in [0.4, 0.5) is 19.0 Å². The first-order chi connectivity index (χ1) is 8.81. The van der Waals surface area contributed by atoms with Crippen LogP contribution in [0.5, 0.6) is 0 Å². The third-order valence-corrected chi connectivity index (χ3v) is 2.41. The maximum atomic E-state index is 11.8. The Morgan fingerprint density at radius 1 is 1.53 bits per heavy atom. The van der Waals surface area contributed by atoms with E-state index in [9.17, 15) is 13.2 Å². The van der Waals surface area contributed by atoms with Gasteiger partial charge in [0.25, 0.3) is 0 Å². The summed E-state index contributed by atoms with van der Waals surface area (Å²) in [6.07, 6.45) is -2.75. The standard InChI is InChI=1S/C11H14F3N3OS/c1-7-2-3-16-10(8(7)9(15)19)17-4-5-18-6-11(12,13)14/h2-3H,4-6H2,1H3,(H2,15,19)(H,16,17). The quantitative estimate of drug-likeness (QED) is 0.620. The molecule has 0 amide bonds. The number of hydrogen-bond acceptors (Lipinski definition) is 4. The molecule has 0 radical (unpaired) electrons. The molecule has 0 fully saturated rings. The van der Waals surface area contributed by atoms with Crippen molar-refractivity contribution in [3.63, 3.8) is 0 Å². The first-order valence-electron chi connectivity index (χ1n) is 5.45. The number of aryl methyl sites for hydroxylation is 1. The number of anilines is 1. The van der Waals surface area contributed by atoms with Crippen molar-refractivity contribution >= 4 is 23.0 Å². The third kappa shape index (κ3) is 5.39. The van der Waals surface area contributed by atoms with Crippen LogP contribution in [-0.2, 0) is 4.74 Å². The molecule has 1 aromatic rings. The number of pyridine rings is 1. The fraction of sp³-hybridized carbons (Fsp3) is 0.455. The van der Waals surface area contributed by atoms with Gasteiger partial charge in [0.05, 0.1) is 12.2 Å². The monoisotopic (exact) mass is 293 g/mol. The molecule has 3 N–H and O–H groups in total. The summed E-state index contributed by atoms with van der Waals surface area (Å²) in [5, 5.41) is 2.85.